The molecular weight excluding hydrogens is 225 g/mol. The lowest BCUT2D eigenvalue weighted by Crippen LogP contribution is -2.23. The number of ether oxygens (including phenoxy) is 1. The summed E-state index contributed by atoms with van der Waals surface area (Å²) in [4.78, 5) is 23.4. The predicted octanol–water partition coefficient (Wildman–Crippen LogP) is 1.50. The van der Waals surface area contributed by atoms with Crippen LogP contribution in [0.1, 0.15) is 16.8 Å². The molecule has 0 fully saturated rings. The number of amides is 1. The lowest BCUT2D eigenvalue weighted by molar-refractivity contribution is -0.129. The van der Waals surface area contributed by atoms with Crippen LogP contribution >= 0.6 is 0 Å². The molecule has 0 saturated heterocycles. The van der Waals surface area contributed by atoms with Crippen LogP contribution in [0.15, 0.2) is 18.2 Å². The maximum atomic E-state index is 12.8. The first-order chi connectivity index (χ1) is 8.04. The Bertz CT molecular complexity index is 418. The van der Waals surface area contributed by atoms with Crippen molar-refractivity contribution in [2.45, 2.75) is 6.42 Å². The Balaban J connectivity index is 2.57. The third-order valence-corrected chi connectivity index (χ3v) is 2.17. The molecule has 0 N–H and O–H groups in total. The van der Waals surface area contributed by atoms with E-state index in [-0.39, 0.29) is 30.2 Å². The third kappa shape index (κ3) is 3.86. The summed E-state index contributed by atoms with van der Waals surface area (Å²) >= 11 is 0. The van der Waals surface area contributed by atoms with Gasteiger partial charge in [0.25, 0.3) is 0 Å². The smallest absolute Gasteiger partial charge is 0.225 e. The van der Waals surface area contributed by atoms with Crippen LogP contribution in [0.25, 0.3) is 0 Å². The zero-order valence-corrected chi connectivity index (χ0v) is 9.77. The molecule has 0 aliphatic carbocycles. The first-order valence-corrected chi connectivity index (χ1v) is 5.12. The standard InChI is InChI=1S/C12H14FNO3/c1-14(2)12(16)5-6-17-11-4-3-10(13)7-9(11)8-15/h3-4,7-8H,5-6H2,1-2H3. The summed E-state index contributed by atoms with van der Waals surface area (Å²) in [7, 11) is 3.30. The summed E-state index contributed by atoms with van der Waals surface area (Å²) in [5, 5.41) is 0. The highest BCUT2D eigenvalue weighted by Crippen LogP contribution is 2.17. The molecule has 92 valence electrons. The Hall–Kier alpha value is -1.91. The van der Waals surface area contributed by atoms with Crippen LogP contribution in [0.5, 0.6) is 5.75 Å². The number of halogens is 1. The molecule has 0 saturated carbocycles. The van der Waals surface area contributed by atoms with Gasteiger partial charge in [-0.15, -0.1) is 0 Å². The SMILES string of the molecule is CN(C)C(=O)CCOc1ccc(F)cc1C=O. The van der Waals surface area contributed by atoms with Crippen LogP contribution in [0, 0.1) is 5.82 Å². The van der Waals surface area contributed by atoms with E-state index < -0.39 is 5.82 Å². The maximum absolute atomic E-state index is 12.8. The molecule has 0 aliphatic rings. The van der Waals surface area contributed by atoms with Gasteiger partial charge in [-0.25, -0.2) is 4.39 Å². The number of hydrogen-bond acceptors (Lipinski definition) is 3. The van der Waals surface area contributed by atoms with Gasteiger partial charge in [0.1, 0.15) is 11.6 Å². The van der Waals surface area contributed by atoms with Crippen molar-refractivity contribution in [2.75, 3.05) is 20.7 Å². The second-order valence-corrected chi connectivity index (χ2v) is 3.69. The Morgan fingerprint density at radius 2 is 2.18 bits per heavy atom. The molecule has 0 unspecified atom stereocenters. The molecule has 0 aromatic heterocycles. The van der Waals surface area contributed by atoms with E-state index in [9.17, 15) is 14.0 Å². The fraction of sp³-hybridized carbons (Fsp3) is 0.333. The van der Waals surface area contributed by atoms with Gasteiger partial charge in [0, 0.05) is 14.1 Å². The molecule has 1 rings (SSSR count). The van der Waals surface area contributed by atoms with Crippen LogP contribution in [0.4, 0.5) is 4.39 Å². The molecule has 0 bridgehead atoms. The zero-order valence-electron chi connectivity index (χ0n) is 9.77. The molecule has 4 nitrogen and oxygen atoms in total. The van der Waals surface area contributed by atoms with Gasteiger partial charge in [-0.1, -0.05) is 0 Å². The number of benzene rings is 1. The molecule has 0 spiro atoms. The largest absolute Gasteiger partial charge is 0.492 e. The monoisotopic (exact) mass is 239 g/mol. The average Bonchev–Trinajstić information content (AvgIpc) is 2.30. The van der Waals surface area contributed by atoms with Crippen molar-refractivity contribution >= 4 is 12.2 Å². The topological polar surface area (TPSA) is 46.6 Å². The van der Waals surface area contributed by atoms with Crippen LogP contribution in [0.2, 0.25) is 0 Å². The minimum Gasteiger partial charge on any atom is -0.492 e. The van der Waals surface area contributed by atoms with Crippen LogP contribution in [0.3, 0.4) is 0 Å². The van der Waals surface area contributed by atoms with E-state index in [2.05, 4.69) is 0 Å². The minimum atomic E-state index is -0.496. The van der Waals surface area contributed by atoms with Crippen molar-refractivity contribution in [3.05, 3.63) is 29.6 Å². The molecule has 17 heavy (non-hydrogen) atoms. The summed E-state index contributed by atoms with van der Waals surface area (Å²) < 4.78 is 18.1. The second-order valence-electron chi connectivity index (χ2n) is 3.69. The Morgan fingerprint density at radius 1 is 1.47 bits per heavy atom. The number of nitrogens with zero attached hydrogens (tertiary/aromatic N) is 1. The molecular formula is C12H14FNO3. The van der Waals surface area contributed by atoms with E-state index >= 15 is 0 Å². The quantitative estimate of drug-likeness (QED) is 0.731. The lowest BCUT2D eigenvalue weighted by Gasteiger charge is -2.11. The first-order valence-electron chi connectivity index (χ1n) is 5.12. The van der Waals surface area contributed by atoms with E-state index in [0.717, 1.165) is 6.07 Å². The fourth-order valence-corrected chi connectivity index (χ4v) is 1.21. The van der Waals surface area contributed by atoms with Crippen LogP contribution < -0.4 is 4.74 Å². The molecule has 0 atom stereocenters. The van der Waals surface area contributed by atoms with Crippen LogP contribution in [-0.2, 0) is 4.79 Å². The Morgan fingerprint density at radius 3 is 2.76 bits per heavy atom. The highest BCUT2D eigenvalue weighted by atomic mass is 19.1. The highest BCUT2D eigenvalue weighted by molar-refractivity contribution is 5.79. The van der Waals surface area contributed by atoms with Gasteiger partial charge in [-0.05, 0) is 18.2 Å². The number of hydrogen-bond donors (Lipinski definition) is 0. The molecule has 1 aromatic carbocycles. The summed E-state index contributed by atoms with van der Waals surface area (Å²) in [6.45, 7) is 0.156. The summed E-state index contributed by atoms with van der Waals surface area (Å²) in [5.74, 6) is -0.281. The number of aldehydes is 1. The van der Waals surface area contributed by atoms with Crippen molar-refractivity contribution < 1.29 is 18.7 Å². The van der Waals surface area contributed by atoms with Gasteiger partial charge < -0.3 is 9.64 Å². The van der Waals surface area contributed by atoms with Gasteiger partial charge >= 0.3 is 0 Å². The van der Waals surface area contributed by atoms with E-state index in [0.29, 0.717) is 6.29 Å². The van der Waals surface area contributed by atoms with Crippen molar-refractivity contribution in [1.82, 2.24) is 4.90 Å². The van der Waals surface area contributed by atoms with E-state index in [1.54, 1.807) is 14.1 Å². The Labute approximate surface area is 99.0 Å². The number of rotatable bonds is 5. The van der Waals surface area contributed by atoms with Gasteiger partial charge in [0.05, 0.1) is 18.6 Å². The molecule has 1 aromatic rings. The van der Waals surface area contributed by atoms with Crippen molar-refractivity contribution in [3.8, 4) is 5.75 Å². The highest BCUT2D eigenvalue weighted by Gasteiger charge is 2.07. The maximum Gasteiger partial charge on any atom is 0.225 e. The average molecular weight is 239 g/mol. The minimum absolute atomic E-state index is 0.0697. The Kier molecular flexibility index (Phi) is 4.63. The van der Waals surface area contributed by atoms with Crippen molar-refractivity contribution in [3.63, 3.8) is 0 Å². The molecule has 0 heterocycles. The van der Waals surface area contributed by atoms with Gasteiger partial charge in [-0.2, -0.15) is 0 Å². The molecule has 1 amide bonds. The lowest BCUT2D eigenvalue weighted by atomic mass is 10.2. The molecule has 0 radical (unpaired) electrons. The summed E-state index contributed by atoms with van der Waals surface area (Å²) in [6, 6.07) is 3.67. The summed E-state index contributed by atoms with van der Waals surface area (Å²) in [5.41, 5.74) is 0.141. The van der Waals surface area contributed by atoms with Crippen LogP contribution in [-0.4, -0.2) is 37.8 Å². The predicted molar refractivity (Wildman–Crippen MR) is 60.6 cm³/mol. The summed E-state index contributed by atoms with van der Waals surface area (Å²) in [6.07, 6.45) is 0.731. The number of carbonyl (C=O) groups is 2. The van der Waals surface area contributed by atoms with Crippen molar-refractivity contribution in [1.29, 1.82) is 0 Å². The van der Waals surface area contributed by atoms with Gasteiger partial charge in [0.2, 0.25) is 5.91 Å². The third-order valence-electron chi connectivity index (χ3n) is 2.17. The number of carbonyl (C=O) groups excluding carboxylic acids is 2. The van der Waals surface area contributed by atoms with E-state index in [1.165, 1.54) is 17.0 Å². The fourth-order valence-electron chi connectivity index (χ4n) is 1.21. The zero-order chi connectivity index (χ0) is 12.8. The first kappa shape index (κ1) is 13.2. The van der Waals surface area contributed by atoms with Crippen molar-refractivity contribution in [2.24, 2.45) is 0 Å². The molecule has 0 aliphatic heterocycles. The normalized spacial score (nSPS) is 9.82. The second kappa shape index (κ2) is 5.98. The van der Waals surface area contributed by atoms with E-state index in [1.807, 2.05) is 0 Å². The van der Waals surface area contributed by atoms with Gasteiger partial charge in [0.15, 0.2) is 6.29 Å². The van der Waals surface area contributed by atoms with Gasteiger partial charge in [-0.3, -0.25) is 9.59 Å². The molecule has 5 heteroatoms. The van der Waals surface area contributed by atoms with E-state index in [4.69, 9.17) is 4.74 Å².